The van der Waals surface area contributed by atoms with Gasteiger partial charge in [-0.05, 0) is 6.92 Å². The van der Waals surface area contributed by atoms with Crippen LogP contribution in [-0.2, 0) is 20.6 Å². The van der Waals surface area contributed by atoms with E-state index in [2.05, 4.69) is 0 Å². The molecular formula is C9H18O4S. The second-order valence-corrected chi connectivity index (χ2v) is 5.14. The van der Waals surface area contributed by atoms with Crippen molar-refractivity contribution in [1.29, 1.82) is 0 Å². The van der Waals surface area contributed by atoms with Crippen molar-refractivity contribution in [3.05, 3.63) is 0 Å². The molecule has 0 amide bonds. The van der Waals surface area contributed by atoms with E-state index in [1.54, 1.807) is 6.26 Å². The quantitative estimate of drug-likeness (QED) is 0.661. The highest BCUT2D eigenvalue weighted by atomic mass is 32.2. The van der Waals surface area contributed by atoms with Crippen LogP contribution in [0.1, 0.15) is 13.3 Å². The summed E-state index contributed by atoms with van der Waals surface area (Å²) in [6, 6.07) is 0. The number of hydrogen-bond acceptors (Lipinski definition) is 4. The lowest BCUT2D eigenvalue weighted by molar-refractivity contribution is -0.0408. The van der Waals surface area contributed by atoms with Gasteiger partial charge in [-0.1, -0.05) is 11.2 Å². The van der Waals surface area contributed by atoms with Gasteiger partial charge in [-0.15, -0.1) is 0 Å². The third-order valence-corrected chi connectivity index (χ3v) is 3.01. The Morgan fingerprint density at radius 1 is 1.64 bits per heavy atom. The number of hydrogen-bond donors (Lipinski definition) is 1. The lowest BCUT2D eigenvalue weighted by Gasteiger charge is -2.16. The van der Waals surface area contributed by atoms with Crippen molar-refractivity contribution < 1.29 is 19.1 Å². The first-order valence-electron chi connectivity index (χ1n) is 4.81. The van der Waals surface area contributed by atoms with E-state index in [9.17, 15) is 4.55 Å². The minimum Gasteiger partial charge on any atom is -0.616 e. The summed E-state index contributed by atoms with van der Waals surface area (Å²) in [4.78, 5) is 0. The van der Waals surface area contributed by atoms with Crippen LogP contribution in [0.2, 0.25) is 0 Å². The van der Waals surface area contributed by atoms with Gasteiger partial charge in [0.15, 0.2) is 0 Å². The van der Waals surface area contributed by atoms with Gasteiger partial charge in [-0.3, -0.25) is 0 Å². The summed E-state index contributed by atoms with van der Waals surface area (Å²) >= 11 is -0.816. The van der Waals surface area contributed by atoms with Gasteiger partial charge in [-0.25, -0.2) is 0 Å². The van der Waals surface area contributed by atoms with Crippen LogP contribution in [0.15, 0.2) is 0 Å². The van der Waals surface area contributed by atoms with Crippen LogP contribution in [0.5, 0.6) is 0 Å². The van der Waals surface area contributed by atoms with E-state index in [0.717, 1.165) is 6.42 Å². The monoisotopic (exact) mass is 222 g/mol. The van der Waals surface area contributed by atoms with Crippen molar-refractivity contribution in [2.45, 2.75) is 31.7 Å². The standard InChI is InChI=1S/C9H18O4S/c1-7-5-8(9(6-10)13-7)12-3-4-14(2)11/h7-10H,3-6H2,1-2H3/t7?,8-,9-,14?/m1/s1. The number of rotatable bonds is 5. The largest absolute Gasteiger partial charge is 0.616 e. The molecule has 0 aliphatic carbocycles. The molecule has 1 aliphatic heterocycles. The van der Waals surface area contributed by atoms with Crippen molar-refractivity contribution in [1.82, 2.24) is 0 Å². The highest BCUT2D eigenvalue weighted by Crippen LogP contribution is 2.22. The Balaban J connectivity index is 2.22. The summed E-state index contributed by atoms with van der Waals surface area (Å²) in [6.07, 6.45) is 2.35. The normalized spacial score (nSPS) is 34.7. The van der Waals surface area contributed by atoms with Crippen molar-refractivity contribution >= 4 is 11.2 Å². The Kier molecular flexibility index (Phi) is 5.19. The van der Waals surface area contributed by atoms with Crippen molar-refractivity contribution in [3.8, 4) is 0 Å². The topological polar surface area (TPSA) is 61.8 Å². The molecule has 14 heavy (non-hydrogen) atoms. The molecule has 1 rings (SSSR count). The maximum Gasteiger partial charge on any atom is 0.128 e. The van der Waals surface area contributed by atoms with Crippen LogP contribution >= 0.6 is 0 Å². The summed E-state index contributed by atoms with van der Waals surface area (Å²) < 4.78 is 21.7. The van der Waals surface area contributed by atoms with Gasteiger partial charge in [0, 0.05) is 6.42 Å². The molecule has 0 radical (unpaired) electrons. The molecule has 1 N–H and O–H groups in total. The Morgan fingerprint density at radius 2 is 2.36 bits per heavy atom. The van der Waals surface area contributed by atoms with E-state index in [-0.39, 0.29) is 24.9 Å². The van der Waals surface area contributed by atoms with Gasteiger partial charge >= 0.3 is 0 Å². The van der Waals surface area contributed by atoms with Gasteiger partial charge in [0.05, 0.1) is 31.7 Å². The molecular weight excluding hydrogens is 204 g/mol. The SMILES string of the molecule is CC1C[C@@H](OCC[S+](C)[O-])[C@@H](CO)O1. The van der Waals surface area contributed by atoms with Crippen molar-refractivity contribution in [2.24, 2.45) is 0 Å². The number of aliphatic hydroxyl groups excluding tert-OH is 1. The molecule has 0 aromatic rings. The van der Waals surface area contributed by atoms with Crippen LogP contribution < -0.4 is 0 Å². The molecule has 0 aromatic carbocycles. The Labute approximate surface area is 87.8 Å². The van der Waals surface area contributed by atoms with E-state index in [4.69, 9.17) is 14.6 Å². The summed E-state index contributed by atoms with van der Waals surface area (Å²) in [5, 5.41) is 9.00. The van der Waals surface area contributed by atoms with Gasteiger partial charge in [0.2, 0.25) is 0 Å². The fraction of sp³-hybridized carbons (Fsp3) is 1.00. The Morgan fingerprint density at radius 3 is 2.93 bits per heavy atom. The second-order valence-electron chi connectivity index (χ2n) is 3.59. The zero-order chi connectivity index (χ0) is 10.6. The van der Waals surface area contributed by atoms with E-state index in [0.29, 0.717) is 12.4 Å². The van der Waals surface area contributed by atoms with E-state index in [1.165, 1.54) is 0 Å². The maximum absolute atomic E-state index is 10.8. The predicted molar refractivity (Wildman–Crippen MR) is 54.7 cm³/mol. The number of aliphatic hydroxyl groups is 1. The average Bonchev–Trinajstić information content (AvgIpc) is 2.45. The molecule has 1 heterocycles. The third kappa shape index (κ3) is 3.74. The van der Waals surface area contributed by atoms with Gasteiger partial charge in [-0.2, -0.15) is 0 Å². The molecule has 0 saturated carbocycles. The molecule has 5 heteroatoms. The predicted octanol–water partition coefficient (Wildman–Crippen LogP) is -0.0802. The minimum absolute atomic E-state index is 0.00970. The lowest BCUT2D eigenvalue weighted by Crippen LogP contribution is -2.29. The first-order chi connectivity index (χ1) is 6.63. The molecule has 1 saturated heterocycles. The summed E-state index contributed by atoms with van der Waals surface area (Å²) in [5.41, 5.74) is 0. The molecule has 0 bridgehead atoms. The number of ether oxygens (including phenoxy) is 2. The maximum atomic E-state index is 10.8. The first kappa shape index (κ1) is 12.3. The molecule has 1 fully saturated rings. The van der Waals surface area contributed by atoms with Gasteiger partial charge in [0.1, 0.15) is 11.9 Å². The van der Waals surface area contributed by atoms with Crippen LogP contribution in [0, 0.1) is 0 Å². The molecule has 4 nitrogen and oxygen atoms in total. The molecule has 4 atom stereocenters. The average molecular weight is 222 g/mol. The summed E-state index contributed by atoms with van der Waals surface area (Å²) in [7, 11) is 0. The summed E-state index contributed by atoms with van der Waals surface area (Å²) in [6.45, 7) is 2.43. The van der Waals surface area contributed by atoms with E-state index >= 15 is 0 Å². The lowest BCUT2D eigenvalue weighted by atomic mass is 10.1. The molecule has 84 valence electrons. The Bertz CT molecular complexity index is 165. The van der Waals surface area contributed by atoms with E-state index in [1.807, 2.05) is 6.92 Å². The zero-order valence-electron chi connectivity index (χ0n) is 8.64. The van der Waals surface area contributed by atoms with Gasteiger partial charge in [0.25, 0.3) is 0 Å². The van der Waals surface area contributed by atoms with Crippen LogP contribution in [0.3, 0.4) is 0 Å². The molecule has 1 aliphatic rings. The highest BCUT2D eigenvalue weighted by Gasteiger charge is 2.33. The smallest absolute Gasteiger partial charge is 0.128 e. The van der Waals surface area contributed by atoms with E-state index < -0.39 is 11.2 Å². The Hall–Kier alpha value is 0.190. The molecule has 2 unspecified atom stereocenters. The summed E-state index contributed by atoms with van der Waals surface area (Å²) in [5.74, 6) is 0.545. The van der Waals surface area contributed by atoms with Crippen LogP contribution in [0.25, 0.3) is 0 Å². The van der Waals surface area contributed by atoms with Crippen LogP contribution in [0.4, 0.5) is 0 Å². The fourth-order valence-electron chi connectivity index (χ4n) is 1.57. The third-order valence-electron chi connectivity index (χ3n) is 2.27. The molecule has 0 spiro atoms. The van der Waals surface area contributed by atoms with Crippen LogP contribution in [-0.4, -0.2) is 53.2 Å². The minimum atomic E-state index is -0.816. The van der Waals surface area contributed by atoms with Gasteiger partial charge < -0.3 is 19.1 Å². The zero-order valence-corrected chi connectivity index (χ0v) is 9.46. The second kappa shape index (κ2) is 5.92. The fourth-order valence-corrected chi connectivity index (χ4v) is 1.90. The molecule has 0 aromatic heterocycles. The van der Waals surface area contributed by atoms with Crippen molar-refractivity contribution in [3.63, 3.8) is 0 Å². The first-order valence-corrected chi connectivity index (χ1v) is 6.54. The highest BCUT2D eigenvalue weighted by molar-refractivity contribution is 7.90. The van der Waals surface area contributed by atoms with Crippen molar-refractivity contribution in [2.75, 3.05) is 25.2 Å².